The molecular weight excluding hydrogens is 138 g/mol. The highest BCUT2D eigenvalue weighted by atomic mass is 15.5. The van der Waals surface area contributed by atoms with Crippen molar-refractivity contribution in [1.29, 1.82) is 0 Å². The highest BCUT2D eigenvalue weighted by Crippen LogP contribution is 2.29. The molecule has 2 aliphatic heterocycles. The van der Waals surface area contributed by atoms with E-state index in [1.165, 1.54) is 13.0 Å². The van der Waals surface area contributed by atoms with Gasteiger partial charge in [-0.2, -0.15) is 0 Å². The maximum atomic E-state index is 5.79. The molecule has 0 saturated carbocycles. The number of likely N-dealkylation sites (tertiary alicyclic amines) is 1. The van der Waals surface area contributed by atoms with Crippen LogP contribution in [-0.4, -0.2) is 41.1 Å². The zero-order chi connectivity index (χ0) is 8.01. The summed E-state index contributed by atoms with van der Waals surface area (Å²) in [6, 6.07) is 2.08. The first-order valence-corrected chi connectivity index (χ1v) is 4.45. The Balaban J connectivity index is 2.02. The van der Waals surface area contributed by atoms with Gasteiger partial charge in [-0.05, 0) is 20.3 Å². The highest BCUT2D eigenvalue weighted by Gasteiger charge is 2.42. The van der Waals surface area contributed by atoms with E-state index in [2.05, 4.69) is 18.7 Å². The summed E-state index contributed by atoms with van der Waals surface area (Å²) >= 11 is 0. The number of nitrogens with zero attached hydrogens (tertiary/aromatic N) is 2. The predicted molar refractivity (Wildman–Crippen MR) is 44.9 cm³/mol. The summed E-state index contributed by atoms with van der Waals surface area (Å²) in [6.07, 6.45) is 1.29. The van der Waals surface area contributed by atoms with Crippen LogP contribution >= 0.6 is 0 Å². The number of piperazine rings is 1. The molecular formula is C8H17N3. The van der Waals surface area contributed by atoms with Crippen LogP contribution in [0.1, 0.15) is 20.3 Å². The maximum absolute atomic E-state index is 5.79. The molecule has 2 aliphatic rings. The minimum Gasteiger partial charge on any atom is -0.295 e. The fraction of sp³-hybridized carbons (Fsp3) is 1.00. The van der Waals surface area contributed by atoms with Gasteiger partial charge in [-0.15, -0.1) is 0 Å². The molecule has 0 aliphatic carbocycles. The van der Waals surface area contributed by atoms with E-state index in [4.69, 9.17) is 5.84 Å². The van der Waals surface area contributed by atoms with Crippen molar-refractivity contribution in [2.45, 2.75) is 38.4 Å². The smallest absolute Gasteiger partial charge is 0.0384 e. The average Bonchev–Trinajstić information content (AvgIpc) is 2.43. The lowest BCUT2D eigenvalue weighted by Gasteiger charge is -2.34. The Morgan fingerprint density at radius 2 is 2.00 bits per heavy atom. The van der Waals surface area contributed by atoms with Crippen LogP contribution in [0.5, 0.6) is 0 Å². The number of hydrazine groups is 1. The van der Waals surface area contributed by atoms with Crippen molar-refractivity contribution in [3.8, 4) is 0 Å². The summed E-state index contributed by atoms with van der Waals surface area (Å²) in [4.78, 5) is 2.56. The predicted octanol–water partition coefficient (Wildman–Crippen LogP) is 0.0270. The van der Waals surface area contributed by atoms with Crippen molar-refractivity contribution in [1.82, 2.24) is 9.91 Å². The maximum Gasteiger partial charge on any atom is 0.0384 e. The van der Waals surface area contributed by atoms with Crippen molar-refractivity contribution in [2.75, 3.05) is 13.1 Å². The molecule has 2 heterocycles. The zero-order valence-corrected chi connectivity index (χ0v) is 7.33. The molecule has 0 amide bonds. The number of nitrogens with two attached hydrogens (primary N) is 1. The van der Waals surface area contributed by atoms with Crippen LogP contribution in [0.3, 0.4) is 0 Å². The van der Waals surface area contributed by atoms with Gasteiger partial charge in [-0.25, -0.2) is 5.01 Å². The van der Waals surface area contributed by atoms with E-state index in [1.807, 2.05) is 5.01 Å². The monoisotopic (exact) mass is 155 g/mol. The van der Waals surface area contributed by atoms with E-state index in [0.717, 1.165) is 12.6 Å². The fourth-order valence-electron chi connectivity index (χ4n) is 2.36. The first-order valence-electron chi connectivity index (χ1n) is 4.45. The third kappa shape index (κ3) is 1.08. The SMILES string of the molecule is CC(C)N1CC2CC1CN2N. The van der Waals surface area contributed by atoms with Crippen LogP contribution < -0.4 is 5.84 Å². The molecule has 0 aromatic heterocycles. The van der Waals surface area contributed by atoms with Gasteiger partial charge in [-0.3, -0.25) is 10.7 Å². The number of hydrogen-bond acceptors (Lipinski definition) is 3. The Bertz CT molecular complexity index is 155. The first kappa shape index (κ1) is 7.53. The number of rotatable bonds is 1. The zero-order valence-electron chi connectivity index (χ0n) is 7.33. The van der Waals surface area contributed by atoms with Crippen LogP contribution in [0, 0.1) is 0 Å². The summed E-state index contributed by atoms with van der Waals surface area (Å²) in [6.45, 7) is 6.78. The van der Waals surface area contributed by atoms with E-state index in [9.17, 15) is 0 Å². The van der Waals surface area contributed by atoms with Crippen LogP contribution in [0.2, 0.25) is 0 Å². The number of fused-ring (bicyclic) bond motifs is 2. The van der Waals surface area contributed by atoms with Gasteiger partial charge in [0.2, 0.25) is 0 Å². The van der Waals surface area contributed by atoms with E-state index in [1.54, 1.807) is 0 Å². The molecule has 2 bridgehead atoms. The van der Waals surface area contributed by atoms with E-state index >= 15 is 0 Å². The molecule has 2 rings (SSSR count). The summed E-state index contributed by atoms with van der Waals surface area (Å²) in [5.74, 6) is 5.79. The molecule has 2 atom stereocenters. The minimum atomic E-state index is 0.641. The highest BCUT2D eigenvalue weighted by molar-refractivity contribution is 4.98. The quantitative estimate of drug-likeness (QED) is 0.542. The molecule has 0 aromatic carbocycles. The Labute approximate surface area is 68.1 Å². The summed E-state index contributed by atoms with van der Waals surface area (Å²) < 4.78 is 0. The molecule has 0 spiro atoms. The van der Waals surface area contributed by atoms with Crippen molar-refractivity contribution in [3.63, 3.8) is 0 Å². The summed E-state index contributed by atoms with van der Waals surface area (Å²) in [5.41, 5.74) is 0. The van der Waals surface area contributed by atoms with Crippen LogP contribution in [-0.2, 0) is 0 Å². The van der Waals surface area contributed by atoms with Gasteiger partial charge in [0.15, 0.2) is 0 Å². The van der Waals surface area contributed by atoms with E-state index < -0.39 is 0 Å². The van der Waals surface area contributed by atoms with Crippen molar-refractivity contribution in [3.05, 3.63) is 0 Å². The Kier molecular flexibility index (Phi) is 1.67. The lowest BCUT2D eigenvalue weighted by atomic mass is 10.2. The third-order valence-corrected chi connectivity index (χ3v) is 2.99. The topological polar surface area (TPSA) is 32.5 Å². The Hall–Kier alpha value is -0.120. The molecule has 3 heteroatoms. The fourth-order valence-corrected chi connectivity index (χ4v) is 2.36. The van der Waals surface area contributed by atoms with Gasteiger partial charge >= 0.3 is 0 Å². The van der Waals surface area contributed by atoms with Gasteiger partial charge in [0, 0.05) is 31.2 Å². The van der Waals surface area contributed by atoms with E-state index in [-0.39, 0.29) is 0 Å². The second-order valence-electron chi connectivity index (χ2n) is 4.03. The van der Waals surface area contributed by atoms with Gasteiger partial charge in [0.25, 0.3) is 0 Å². The molecule has 11 heavy (non-hydrogen) atoms. The summed E-state index contributed by atoms with van der Waals surface area (Å²) in [5, 5.41) is 2.00. The van der Waals surface area contributed by atoms with Crippen LogP contribution in [0.25, 0.3) is 0 Å². The second-order valence-corrected chi connectivity index (χ2v) is 4.03. The molecule has 64 valence electrons. The van der Waals surface area contributed by atoms with Crippen molar-refractivity contribution >= 4 is 0 Å². The van der Waals surface area contributed by atoms with Crippen LogP contribution in [0.15, 0.2) is 0 Å². The third-order valence-electron chi connectivity index (χ3n) is 2.99. The second kappa shape index (κ2) is 2.44. The van der Waals surface area contributed by atoms with Crippen molar-refractivity contribution in [2.24, 2.45) is 5.84 Å². The minimum absolute atomic E-state index is 0.641. The molecule has 2 N–H and O–H groups in total. The van der Waals surface area contributed by atoms with Gasteiger partial charge in [-0.1, -0.05) is 0 Å². The molecule has 0 radical (unpaired) electrons. The molecule has 2 unspecified atom stereocenters. The van der Waals surface area contributed by atoms with Gasteiger partial charge in [0.1, 0.15) is 0 Å². The Morgan fingerprint density at radius 1 is 1.27 bits per heavy atom. The molecule has 3 nitrogen and oxygen atoms in total. The molecule has 0 aromatic rings. The Morgan fingerprint density at radius 3 is 2.36 bits per heavy atom. The largest absolute Gasteiger partial charge is 0.295 e. The normalized spacial score (nSPS) is 39.3. The van der Waals surface area contributed by atoms with Gasteiger partial charge < -0.3 is 0 Å². The van der Waals surface area contributed by atoms with Crippen LogP contribution in [0.4, 0.5) is 0 Å². The first-order chi connectivity index (χ1) is 5.18. The summed E-state index contributed by atoms with van der Waals surface area (Å²) in [7, 11) is 0. The lowest BCUT2D eigenvalue weighted by Crippen LogP contribution is -2.51. The number of hydrogen-bond donors (Lipinski definition) is 1. The molecule has 2 fully saturated rings. The standard InChI is InChI=1S/C8H17N3/c1-6(2)10-4-8-3-7(10)5-11(8)9/h6-8H,3-5,9H2,1-2H3. The lowest BCUT2D eigenvalue weighted by molar-refractivity contribution is 0.105. The van der Waals surface area contributed by atoms with Gasteiger partial charge in [0.05, 0.1) is 0 Å². The average molecular weight is 155 g/mol. The molecule has 2 saturated heterocycles. The van der Waals surface area contributed by atoms with E-state index in [0.29, 0.717) is 12.1 Å². The van der Waals surface area contributed by atoms with Crippen molar-refractivity contribution < 1.29 is 0 Å².